The summed E-state index contributed by atoms with van der Waals surface area (Å²) < 4.78 is 5.01. The minimum atomic E-state index is 0.340. The third kappa shape index (κ3) is 5.28. The lowest BCUT2D eigenvalue weighted by Crippen LogP contribution is -2.30. The first kappa shape index (κ1) is 29.6. The van der Waals surface area contributed by atoms with E-state index in [2.05, 4.69) is 174 Å². The highest BCUT2D eigenvalue weighted by Gasteiger charge is 2.32. The molecule has 0 bridgehead atoms. The van der Waals surface area contributed by atoms with Gasteiger partial charge < -0.3 is 0 Å². The minimum Gasteiger partial charge on any atom is -0.225 e. The van der Waals surface area contributed by atoms with E-state index in [1.807, 2.05) is 0 Å². The SMILES string of the molecule is Cc1ccc(-c2ccccc2)cc1-c1n(-c2c(C(C)C)cc(-c3ccccc3)cc2C(C)C)c2cc(C(C)C)ccc2[n+]1C. The zero-order chi connectivity index (χ0) is 31.1. The summed E-state index contributed by atoms with van der Waals surface area (Å²) in [6.45, 7) is 16.2. The van der Waals surface area contributed by atoms with Gasteiger partial charge in [-0.2, -0.15) is 4.57 Å². The van der Waals surface area contributed by atoms with Gasteiger partial charge in [0.25, 0.3) is 5.82 Å². The van der Waals surface area contributed by atoms with Gasteiger partial charge in [-0.3, -0.25) is 0 Å². The molecule has 6 rings (SSSR count). The van der Waals surface area contributed by atoms with Crippen LogP contribution in [0.4, 0.5) is 0 Å². The van der Waals surface area contributed by atoms with Crippen LogP contribution in [-0.2, 0) is 7.05 Å². The average molecular weight is 578 g/mol. The molecule has 44 heavy (non-hydrogen) atoms. The molecule has 0 spiro atoms. The van der Waals surface area contributed by atoms with Crippen LogP contribution in [0.15, 0.2) is 109 Å². The van der Waals surface area contributed by atoms with Gasteiger partial charge in [0, 0.05) is 11.1 Å². The van der Waals surface area contributed by atoms with Crippen LogP contribution in [-0.4, -0.2) is 4.57 Å². The van der Waals surface area contributed by atoms with Gasteiger partial charge in [0.15, 0.2) is 11.0 Å². The molecule has 5 aromatic carbocycles. The molecule has 0 saturated carbocycles. The summed E-state index contributed by atoms with van der Waals surface area (Å²) in [6.07, 6.45) is 0. The van der Waals surface area contributed by atoms with Crippen molar-refractivity contribution in [3.63, 3.8) is 0 Å². The summed E-state index contributed by atoms with van der Waals surface area (Å²) in [5, 5.41) is 0. The molecule has 2 heteroatoms. The molecule has 0 atom stereocenters. The molecule has 0 fully saturated rings. The zero-order valence-electron chi connectivity index (χ0n) is 27.5. The number of aryl methyl sites for hydroxylation is 2. The number of nitrogens with zero attached hydrogens (tertiary/aromatic N) is 2. The Kier molecular flexibility index (Phi) is 8.03. The fourth-order valence-electron chi connectivity index (χ4n) is 6.56. The van der Waals surface area contributed by atoms with Crippen molar-refractivity contribution >= 4 is 11.0 Å². The number of imidazole rings is 1. The lowest BCUT2D eigenvalue weighted by Gasteiger charge is -2.21. The molecule has 0 unspecified atom stereocenters. The van der Waals surface area contributed by atoms with Gasteiger partial charge >= 0.3 is 0 Å². The Morgan fingerprint density at radius 2 is 1.11 bits per heavy atom. The summed E-state index contributed by atoms with van der Waals surface area (Å²) in [7, 11) is 2.24. The Labute approximate surface area is 263 Å². The summed E-state index contributed by atoms with van der Waals surface area (Å²) in [6, 6.07) is 40.4. The van der Waals surface area contributed by atoms with Crippen molar-refractivity contribution in [2.24, 2.45) is 7.05 Å². The van der Waals surface area contributed by atoms with Gasteiger partial charge in [0.1, 0.15) is 5.69 Å². The zero-order valence-corrected chi connectivity index (χ0v) is 27.5. The van der Waals surface area contributed by atoms with Crippen LogP contribution in [0.1, 0.15) is 81.5 Å². The van der Waals surface area contributed by atoms with E-state index in [1.165, 1.54) is 72.6 Å². The largest absolute Gasteiger partial charge is 0.295 e. The Morgan fingerprint density at radius 3 is 1.66 bits per heavy atom. The number of rotatable bonds is 7. The second-order valence-electron chi connectivity index (χ2n) is 13.2. The average Bonchev–Trinajstić information content (AvgIpc) is 3.32. The highest BCUT2D eigenvalue weighted by atomic mass is 15.2. The van der Waals surface area contributed by atoms with Crippen LogP contribution >= 0.6 is 0 Å². The predicted octanol–water partition coefficient (Wildman–Crippen LogP) is 11.1. The molecule has 6 aromatic rings. The van der Waals surface area contributed by atoms with Crippen molar-refractivity contribution < 1.29 is 4.57 Å². The third-order valence-corrected chi connectivity index (χ3v) is 9.13. The van der Waals surface area contributed by atoms with E-state index >= 15 is 0 Å². The maximum absolute atomic E-state index is 2.60. The number of benzene rings is 5. The molecule has 0 aliphatic heterocycles. The van der Waals surface area contributed by atoms with E-state index in [4.69, 9.17) is 0 Å². The summed E-state index contributed by atoms with van der Waals surface area (Å²) in [4.78, 5) is 0. The van der Waals surface area contributed by atoms with Crippen molar-refractivity contribution in [3.8, 4) is 39.3 Å². The van der Waals surface area contributed by atoms with E-state index in [-0.39, 0.29) is 0 Å². The minimum absolute atomic E-state index is 0.340. The number of fused-ring (bicyclic) bond motifs is 1. The Hall–Kier alpha value is -4.43. The van der Waals surface area contributed by atoms with Gasteiger partial charge in [0.05, 0.1) is 12.6 Å². The Morgan fingerprint density at radius 1 is 0.545 bits per heavy atom. The topological polar surface area (TPSA) is 8.81 Å². The van der Waals surface area contributed by atoms with E-state index < -0.39 is 0 Å². The standard InChI is InChI=1S/C42H45N2/c1-27(2)33-21-22-39-40(26-33)44(42(43(39)8)38-23-34(20-19-30(38)7)31-15-11-9-12-16-31)41-36(28(3)4)24-35(25-37(41)29(5)6)32-17-13-10-14-18-32/h9-29H,1-8H3/q+1. The summed E-state index contributed by atoms with van der Waals surface area (Å²) in [5.41, 5.74) is 15.5. The van der Waals surface area contributed by atoms with Crippen molar-refractivity contribution in [2.45, 2.75) is 66.2 Å². The lowest BCUT2D eigenvalue weighted by molar-refractivity contribution is -0.633. The first-order valence-electron chi connectivity index (χ1n) is 16.1. The van der Waals surface area contributed by atoms with Gasteiger partial charge in [-0.15, -0.1) is 0 Å². The Balaban J connectivity index is 1.76. The van der Waals surface area contributed by atoms with Gasteiger partial charge in [-0.25, -0.2) is 4.57 Å². The number of aromatic nitrogens is 2. The molecule has 2 nitrogen and oxygen atoms in total. The van der Waals surface area contributed by atoms with E-state index in [9.17, 15) is 0 Å². The first-order chi connectivity index (χ1) is 21.2. The third-order valence-electron chi connectivity index (χ3n) is 9.13. The highest BCUT2D eigenvalue weighted by Crippen LogP contribution is 2.41. The summed E-state index contributed by atoms with van der Waals surface area (Å²) >= 11 is 0. The van der Waals surface area contributed by atoms with Crippen LogP contribution in [0.2, 0.25) is 0 Å². The molecule has 0 amide bonds. The molecule has 0 aliphatic carbocycles. The highest BCUT2D eigenvalue weighted by molar-refractivity contribution is 5.84. The second-order valence-corrected chi connectivity index (χ2v) is 13.2. The first-order valence-corrected chi connectivity index (χ1v) is 16.1. The second kappa shape index (κ2) is 11.9. The molecule has 222 valence electrons. The van der Waals surface area contributed by atoms with Crippen LogP contribution in [0.25, 0.3) is 50.4 Å². The molecule has 0 N–H and O–H groups in total. The summed E-state index contributed by atoms with van der Waals surface area (Å²) in [5.74, 6) is 2.33. The quantitative estimate of drug-likeness (QED) is 0.167. The van der Waals surface area contributed by atoms with Crippen molar-refractivity contribution in [3.05, 3.63) is 131 Å². The maximum Gasteiger partial charge on any atom is 0.295 e. The van der Waals surface area contributed by atoms with Gasteiger partial charge in [-0.05, 0) is 88.4 Å². The van der Waals surface area contributed by atoms with Crippen molar-refractivity contribution in [1.82, 2.24) is 4.57 Å². The van der Waals surface area contributed by atoms with Gasteiger partial charge in [0.2, 0.25) is 0 Å². The van der Waals surface area contributed by atoms with Crippen LogP contribution < -0.4 is 4.57 Å². The molecular weight excluding hydrogens is 532 g/mol. The fourth-order valence-corrected chi connectivity index (χ4v) is 6.56. The molecule has 0 saturated heterocycles. The fraction of sp³-hybridized carbons (Fsp3) is 0.262. The lowest BCUT2D eigenvalue weighted by atomic mass is 9.88. The van der Waals surface area contributed by atoms with Gasteiger partial charge in [-0.1, -0.05) is 120 Å². The number of hydrogen-bond acceptors (Lipinski definition) is 0. The van der Waals surface area contributed by atoms with Crippen LogP contribution in [0.5, 0.6) is 0 Å². The smallest absolute Gasteiger partial charge is 0.225 e. The Bertz CT molecular complexity index is 1910. The molecule has 0 aliphatic rings. The van der Waals surface area contributed by atoms with Crippen molar-refractivity contribution in [2.75, 3.05) is 0 Å². The molecule has 0 radical (unpaired) electrons. The van der Waals surface area contributed by atoms with Crippen LogP contribution in [0.3, 0.4) is 0 Å². The molecule has 1 heterocycles. The van der Waals surface area contributed by atoms with Crippen molar-refractivity contribution in [1.29, 1.82) is 0 Å². The normalized spacial score (nSPS) is 11.8. The monoisotopic (exact) mass is 577 g/mol. The molecule has 1 aromatic heterocycles. The molecular formula is C42H45N2+. The van der Waals surface area contributed by atoms with E-state index in [0.29, 0.717) is 17.8 Å². The van der Waals surface area contributed by atoms with Crippen LogP contribution in [0, 0.1) is 6.92 Å². The number of hydrogen-bond donors (Lipinski definition) is 0. The predicted molar refractivity (Wildman–Crippen MR) is 188 cm³/mol. The van der Waals surface area contributed by atoms with E-state index in [1.54, 1.807) is 0 Å². The maximum atomic E-state index is 2.60. The van der Waals surface area contributed by atoms with E-state index in [0.717, 1.165) is 0 Å².